The van der Waals surface area contributed by atoms with Crippen molar-refractivity contribution in [2.75, 3.05) is 49.6 Å². The molecule has 0 spiro atoms. The minimum atomic E-state index is -5.12. The van der Waals surface area contributed by atoms with Gasteiger partial charge in [-0.05, 0) is 55.7 Å². The van der Waals surface area contributed by atoms with Gasteiger partial charge in [-0.3, -0.25) is 4.79 Å². The first-order valence-electron chi connectivity index (χ1n) is 11.8. The van der Waals surface area contributed by atoms with Crippen LogP contribution < -0.4 is 10.2 Å². The first kappa shape index (κ1) is 28.2. The molecule has 4 rings (SSSR count). The van der Waals surface area contributed by atoms with Crippen molar-refractivity contribution in [3.63, 3.8) is 0 Å². The molecule has 2 heterocycles. The number of nitrogens with zero attached hydrogens (tertiary/aromatic N) is 2. The number of amides is 1. The Morgan fingerprint density at radius 1 is 0.816 bits per heavy atom. The average Bonchev–Trinajstić information content (AvgIpc) is 2.88. The van der Waals surface area contributed by atoms with Gasteiger partial charge in [-0.25, -0.2) is 8.42 Å². The Morgan fingerprint density at radius 3 is 1.95 bits per heavy atom. The Labute approximate surface area is 215 Å². The molecule has 2 aromatic rings. The molecule has 0 saturated carbocycles. The molecule has 38 heavy (non-hydrogen) atoms. The fraction of sp³-hybridized carbons (Fsp3) is 0.458. The minimum Gasteiger partial charge on any atom is -0.379 e. The molecule has 2 fully saturated rings. The van der Waals surface area contributed by atoms with E-state index in [9.17, 15) is 39.6 Å². The monoisotopic (exact) mass is 565 g/mol. The van der Waals surface area contributed by atoms with Crippen LogP contribution in [0.1, 0.15) is 40.7 Å². The van der Waals surface area contributed by atoms with E-state index in [1.807, 2.05) is 4.90 Å². The molecule has 7 nitrogen and oxygen atoms in total. The molecule has 1 N–H and O–H groups in total. The third-order valence-corrected chi connectivity index (χ3v) is 8.27. The number of anilines is 2. The van der Waals surface area contributed by atoms with Gasteiger partial charge in [0.2, 0.25) is 10.0 Å². The van der Waals surface area contributed by atoms with Crippen LogP contribution in [-0.4, -0.2) is 58.0 Å². The molecular weight excluding hydrogens is 540 g/mol. The number of halogens is 6. The second-order valence-electron chi connectivity index (χ2n) is 8.99. The quantitative estimate of drug-likeness (QED) is 0.517. The standard InChI is InChI=1S/C24H25F6N3O4S/c25-23(26,27)17-12-16(13-18(14-17)24(28,29)30)22(34)31-20-15-19(38(35,36)33-8-10-37-11-9-33)4-5-21(20)32-6-2-1-3-7-32/h4-5,12-15H,1-3,6-11H2,(H,31,34). The number of alkyl halides is 6. The summed E-state index contributed by atoms with van der Waals surface area (Å²) in [5.41, 5.74) is -3.73. The van der Waals surface area contributed by atoms with Crippen LogP contribution in [-0.2, 0) is 27.1 Å². The molecular formula is C24H25F6N3O4S. The fourth-order valence-corrected chi connectivity index (χ4v) is 5.84. The smallest absolute Gasteiger partial charge is 0.379 e. The normalized spacial score (nSPS) is 17.9. The lowest BCUT2D eigenvalue weighted by atomic mass is 10.0. The Morgan fingerprint density at radius 2 is 1.39 bits per heavy atom. The number of rotatable bonds is 5. The molecule has 14 heteroatoms. The van der Waals surface area contributed by atoms with Crippen LogP contribution in [0.5, 0.6) is 0 Å². The van der Waals surface area contributed by atoms with Gasteiger partial charge in [0.25, 0.3) is 5.91 Å². The molecule has 0 radical (unpaired) electrons. The van der Waals surface area contributed by atoms with E-state index < -0.39 is 45.0 Å². The largest absolute Gasteiger partial charge is 0.416 e. The summed E-state index contributed by atoms with van der Waals surface area (Å²) in [5, 5.41) is 2.37. The summed E-state index contributed by atoms with van der Waals surface area (Å²) in [6.07, 6.45) is -7.64. The summed E-state index contributed by atoms with van der Waals surface area (Å²) in [4.78, 5) is 14.7. The highest BCUT2D eigenvalue weighted by Crippen LogP contribution is 2.37. The lowest BCUT2D eigenvalue weighted by Crippen LogP contribution is -2.40. The van der Waals surface area contributed by atoms with Gasteiger partial charge in [-0.15, -0.1) is 0 Å². The second kappa shape index (κ2) is 10.7. The maximum absolute atomic E-state index is 13.3. The molecule has 2 saturated heterocycles. The topological polar surface area (TPSA) is 79.0 Å². The van der Waals surface area contributed by atoms with Crippen molar-refractivity contribution in [3.8, 4) is 0 Å². The number of hydrogen-bond acceptors (Lipinski definition) is 5. The van der Waals surface area contributed by atoms with Gasteiger partial charge in [0.15, 0.2) is 0 Å². The molecule has 2 aromatic carbocycles. The molecule has 2 aliphatic heterocycles. The van der Waals surface area contributed by atoms with Gasteiger partial charge in [-0.2, -0.15) is 30.6 Å². The average molecular weight is 566 g/mol. The number of sulfonamides is 1. The minimum absolute atomic E-state index is 0.0304. The van der Waals surface area contributed by atoms with Gasteiger partial charge in [0.05, 0.1) is 40.6 Å². The summed E-state index contributed by atoms with van der Waals surface area (Å²) >= 11 is 0. The van der Waals surface area contributed by atoms with E-state index in [1.54, 1.807) is 0 Å². The van der Waals surface area contributed by atoms with Gasteiger partial charge in [0, 0.05) is 31.7 Å². The number of hydrogen-bond donors (Lipinski definition) is 1. The molecule has 0 aromatic heterocycles. The highest BCUT2D eigenvalue weighted by molar-refractivity contribution is 7.89. The van der Waals surface area contributed by atoms with Gasteiger partial charge in [-0.1, -0.05) is 0 Å². The lowest BCUT2D eigenvalue weighted by Gasteiger charge is -2.31. The first-order valence-corrected chi connectivity index (χ1v) is 13.3. The highest BCUT2D eigenvalue weighted by Gasteiger charge is 2.38. The zero-order chi connectivity index (χ0) is 27.7. The Balaban J connectivity index is 1.74. The molecule has 1 amide bonds. The van der Waals surface area contributed by atoms with Crippen LogP contribution in [0.15, 0.2) is 41.3 Å². The Hall–Kier alpha value is -2.84. The van der Waals surface area contributed by atoms with Crippen molar-refractivity contribution in [1.29, 1.82) is 0 Å². The maximum Gasteiger partial charge on any atom is 0.416 e. The first-order chi connectivity index (χ1) is 17.8. The molecule has 208 valence electrons. The van der Waals surface area contributed by atoms with Crippen molar-refractivity contribution in [3.05, 3.63) is 53.1 Å². The van der Waals surface area contributed by atoms with E-state index >= 15 is 0 Å². The number of morpholine rings is 1. The molecule has 0 aliphatic carbocycles. The van der Waals surface area contributed by atoms with Crippen molar-refractivity contribution >= 4 is 27.3 Å². The van der Waals surface area contributed by atoms with E-state index in [-0.39, 0.29) is 43.0 Å². The third kappa shape index (κ3) is 6.24. The predicted molar refractivity (Wildman–Crippen MR) is 126 cm³/mol. The number of nitrogens with one attached hydrogen (secondary N) is 1. The summed E-state index contributed by atoms with van der Waals surface area (Å²) < 4.78 is 113. The fourth-order valence-electron chi connectivity index (χ4n) is 4.40. The number of benzene rings is 2. The van der Waals surface area contributed by atoms with Crippen LogP contribution in [0, 0.1) is 0 Å². The van der Waals surface area contributed by atoms with Crippen molar-refractivity contribution < 1.29 is 44.3 Å². The number of carbonyl (C=O) groups is 1. The summed E-state index contributed by atoms with van der Waals surface area (Å²) in [6, 6.07) is 4.65. The lowest BCUT2D eigenvalue weighted by molar-refractivity contribution is -0.143. The van der Waals surface area contributed by atoms with Gasteiger partial charge < -0.3 is 15.0 Å². The zero-order valence-electron chi connectivity index (χ0n) is 20.0. The molecule has 0 bridgehead atoms. The second-order valence-corrected chi connectivity index (χ2v) is 10.9. The summed E-state index contributed by atoms with van der Waals surface area (Å²) in [7, 11) is -4.00. The number of ether oxygens (including phenoxy) is 1. The van der Waals surface area contributed by atoms with Crippen molar-refractivity contribution in [2.45, 2.75) is 36.5 Å². The SMILES string of the molecule is O=C(Nc1cc(S(=O)(=O)N2CCOCC2)ccc1N1CCCCC1)c1cc(C(F)(F)F)cc(C(F)(F)F)c1. The molecule has 0 atom stereocenters. The van der Waals surface area contributed by atoms with Crippen LogP contribution in [0.25, 0.3) is 0 Å². The van der Waals surface area contributed by atoms with E-state index in [1.165, 1.54) is 22.5 Å². The van der Waals surface area contributed by atoms with Gasteiger partial charge in [0.1, 0.15) is 0 Å². The zero-order valence-corrected chi connectivity index (χ0v) is 20.8. The van der Waals surface area contributed by atoms with Gasteiger partial charge >= 0.3 is 12.4 Å². The van der Waals surface area contributed by atoms with Crippen molar-refractivity contribution in [2.24, 2.45) is 0 Å². The van der Waals surface area contributed by atoms with E-state index in [4.69, 9.17) is 4.74 Å². The Kier molecular flexibility index (Phi) is 7.96. The van der Waals surface area contributed by atoms with Crippen molar-refractivity contribution in [1.82, 2.24) is 4.31 Å². The maximum atomic E-state index is 13.3. The van der Waals surface area contributed by atoms with E-state index in [0.717, 1.165) is 19.3 Å². The molecule has 0 unspecified atom stereocenters. The predicted octanol–water partition coefficient (Wildman–Crippen LogP) is 4.99. The number of carbonyl (C=O) groups excluding carboxylic acids is 1. The van der Waals surface area contributed by atoms with Crippen LogP contribution >= 0.6 is 0 Å². The Bertz CT molecular complexity index is 1250. The summed E-state index contributed by atoms with van der Waals surface area (Å²) in [6.45, 7) is 1.79. The van der Waals surface area contributed by atoms with Crippen LogP contribution in [0.4, 0.5) is 37.7 Å². The van der Waals surface area contributed by atoms with E-state index in [0.29, 0.717) is 30.9 Å². The number of piperidine rings is 1. The third-order valence-electron chi connectivity index (χ3n) is 6.37. The van der Waals surface area contributed by atoms with Crippen LogP contribution in [0.2, 0.25) is 0 Å². The van der Waals surface area contributed by atoms with Crippen LogP contribution in [0.3, 0.4) is 0 Å². The molecule has 2 aliphatic rings. The summed E-state index contributed by atoms with van der Waals surface area (Å²) in [5.74, 6) is -1.24. The van der Waals surface area contributed by atoms with E-state index in [2.05, 4.69) is 5.32 Å². The highest BCUT2D eigenvalue weighted by atomic mass is 32.2.